The van der Waals surface area contributed by atoms with Crippen LogP contribution < -0.4 is 15.4 Å². The van der Waals surface area contributed by atoms with Crippen molar-refractivity contribution in [2.45, 2.75) is 55.9 Å². The van der Waals surface area contributed by atoms with Gasteiger partial charge in [0.15, 0.2) is 5.16 Å². The molecule has 1 saturated heterocycles. The topological polar surface area (TPSA) is 85.2 Å². The Labute approximate surface area is 178 Å². The Morgan fingerprint density at radius 1 is 1.47 bits per heavy atom. The number of nitrogens with one attached hydrogen (secondary N) is 2. The summed E-state index contributed by atoms with van der Waals surface area (Å²) < 4.78 is 21.6. The quantitative estimate of drug-likeness (QED) is 0.669. The Hall–Kier alpha value is -2.55. The molecule has 2 aromatic rings. The summed E-state index contributed by atoms with van der Waals surface area (Å²) in [5.41, 5.74) is 0.731. The maximum Gasteiger partial charge on any atom is 0.220 e. The van der Waals surface area contributed by atoms with Crippen molar-refractivity contribution < 1.29 is 18.7 Å². The smallest absolute Gasteiger partial charge is 0.220 e. The fraction of sp³-hybridized carbons (Fsp3) is 0.476. The van der Waals surface area contributed by atoms with E-state index in [0.717, 1.165) is 23.1 Å². The Balaban J connectivity index is 1.35. The Bertz CT molecular complexity index is 942. The number of halogens is 1. The van der Waals surface area contributed by atoms with Gasteiger partial charge in [-0.3, -0.25) is 9.59 Å². The first-order valence-electron chi connectivity index (χ1n) is 10.1. The van der Waals surface area contributed by atoms with Crippen LogP contribution in [0.4, 0.5) is 4.39 Å². The summed E-state index contributed by atoms with van der Waals surface area (Å²) in [6.45, 7) is 1.33. The molecule has 1 atom stereocenters. The van der Waals surface area contributed by atoms with E-state index in [4.69, 9.17) is 4.74 Å². The molecule has 1 aromatic heterocycles. The molecule has 0 radical (unpaired) electrons. The summed E-state index contributed by atoms with van der Waals surface area (Å²) in [6, 6.07) is 4.72. The molecule has 1 unspecified atom stereocenters. The standard InChI is InChI=1S/C21H25FN4O3S/c1-29-16-3-2-14(17(22)10-16)11-21(7-5-19(28)25-21)6-4-18(27)23-12-15-13-26-8-9-30-20(26)24-15/h2-3,10,13H,4-9,11-12H2,1H3,(H,23,27)(H,25,28). The number of aromatic nitrogens is 2. The second kappa shape index (κ2) is 8.67. The highest BCUT2D eigenvalue weighted by atomic mass is 32.2. The lowest BCUT2D eigenvalue weighted by molar-refractivity contribution is -0.122. The maximum atomic E-state index is 14.5. The van der Waals surface area contributed by atoms with Crippen molar-refractivity contribution in [3.05, 3.63) is 41.5 Å². The van der Waals surface area contributed by atoms with Gasteiger partial charge in [0.25, 0.3) is 0 Å². The summed E-state index contributed by atoms with van der Waals surface area (Å²) in [5.74, 6) is 0.951. The average molecular weight is 433 g/mol. The summed E-state index contributed by atoms with van der Waals surface area (Å²) in [6.07, 6.45) is 3.98. The minimum absolute atomic E-state index is 0.0608. The Morgan fingerprint density at radius 2 is 2.33 bits per heavy atom. The molecule has 1 aromatic carbocycles. The van der Waals surface area contributed by atoms with Gasteiger partial charge in [-0.1, -0.05) is 17.8 Å². The van der Waals surface area contributed by atoms with Crippen molar-refractivity contribution in [3.8, 4) is 5.75 Å². The van der Waals surface area contributed by atoms with Crippen LogP contribution in [0.15, 0.2) is 29.6 Å². The van der Waals surface area contributed by atoms with E-state index in [1.54, 1.807) is 23.9 Å². The third-order valence-electron chi connectivity index (χ3n) is 5.67. The van der Waals surface area contributed by atoms with Crippen LogP contribution in [0.5, 0.6) is 5.75 Å². The summed E-state index contributed by atoms with van der Waals surface area (Å²) in [7, 11) is 1.49. The van der Waals surface area contributed by atoms with Crippen LogP contribution in [0.2, 0.25) is 0 Å². The number of fused-ring (bicyclic) bond motifs is 1. The second-order valence-corrected chi connectivity index (χ2v) is 8.86. The number of hydrogen-bond donors (Lipinski definition) is 2. The van der Waals surface area contributed by atoms with E-state index < -0.39 is 5.54 Å². The minimum Gasteiger partial charge on any atom is -0.497 e. The number of rotatable bonds is 8. The van der Waals surface area contributed by atoms with Gasteiger partial charge in [-0.05, 0) is 30.9 Å². The molecule has 2 aliphatic rings. The van der Waals surface area contributed by atoms with Crippen molar-refractivity contribution in [1.29, 1.82) is 0 Å². The summed E-state index contributed by atoms with van der Waals surface area (Å²) in [4.78, 5) is 28.8. The SMILES string of the molecule is COc1ccc(CC2(CCC(=O)NCc3cn4c(n3)SCC4)CCC(=O)N2)c(F)c1. The van der Waals surface area contributed by atoms with Gasteiger partial charge < -0.3 is 19.9 Å². The van der Waals surface area contributed by atoms with Gasteiger partial charge in [-0.2, -0.15) is 0 Å². The summed E-state index contributed by atoms with van der Waals surface area (Å²) >= 11 is 1.71. The fourth-order valence-corrected chi connectivity index (χ4v) is 4.98. The molecule has 1 fully saturated rings. The number of aryl methyl sites for hydroxylation is 1. The van der Waals surface area contributed by atoms with Crippen LogP contribution in [0.3, 0.4) is 0 Å². The van der Waals surface area contributed by atoms with Crippen LogP contribution in [0.1, 0.15) is 36.9 Å². The number of carbonyl (C=O) groups is 2. The number of hydrogen-bond acceptors (Lipinski definition) is 5. The molecule has 2 aliphatic heterocycles. The van der Waals surface area contributed by atoms with Crippen molar-refractivity contribution in [2.75, 3.05) is 12.9 Å². The molecule has 160 valence electrons. The summed E-state index contributed by atoms with van der Waals surface area (Å²) in [5, 5.41) is 6.89. The number of ether oxygens (including phenoxy) is 1. The first kappa shape index (κ1) is 20.7. The van der Waals surface area contributed by atoms with Gasteiger partial charge in [-0.15, -0.1) is 0 Å². The molecule has 4 rings (SSSR count). The molecule has 2 amide bonds. The second-order valence-electron chi connectivity index (χ2n) is 7.80. The predicted octanol–water partition coefficient (Wildman–Crippen LogP) is 2.42. The predicted molar refractivity (Wildman–Crippen MR) is 111 cm³/mol. The number of amides is 2. The lowest BCUT2D eigenvalue weighted by atomic mass is 9.84. The largest absolute Gasteiger partial charge is 0.497 e. The van der Waals surface area contributed by atoms with E-state index in [-0.39, 0.29) is 24.1 Å². The number of nitrogens with zero attached hydrogens (tertiary/aromatic N) is 2. The molecule has 0 aliphatic carbocycles. The molecular weight excluding hydrogens is 407 g/mol. The first-order chi connectivity index (χ1) is 14.5. The van der Waals surface area contributed by atoms with E-state index >= 15 is 0 Å². The van der Waals surface area contributed by atoms with Crippen molar-refractivity contribution >= 4 is 23.6 Å². The van der Waals surface area contributed by atoms with Crippen molar-refractivity contribution in [1.82, 2.24) is 20.2 Å². The van der Waals surface area contributed by atoms with E-state index in [2.05, 4.69) is 20.2 Å². The zero-order chi connectivity index (χ0) is 21.1. The lowest BCUT2D eigenvalue weighted by Crippen LogP contribution is -2.44. The number of benzene rings is 1. The third kappa shape index (κ3) is 4.61. The van der Waals surface area contributed by atoms with E-state index in [1.165, 1.54) is 13.2 Å². The van der Waals surface area contributed by atoms with Crippen LogP contribution >= 0.6 is 11.8 Å². The van der Waals surface area contributed by atoms with Gasteiger partial charge in [0.05, 0.1) is 19.3 Å². The first-order valence-corrected chi connectivity index (χ1v) is 11.0. The van der Waals surface area contributed by atoms with Gasteiger partial charge in [-0.25, -0.2) is 9.37 Å². The highest BCUT2D eigenvalue weighted by molar-refractivity contribution is 7.99. The van der Waals surface area contributed by atoms with E-state index in [1.807, 2.05) is 6.20 Å². The van der Waals surface area contributed by atoms with Crippen LogP contribution in [0, 0.1) is 5.82 Å². The van der Waals surface area contributed by atoms with Crippen LogP contribution in [-0.2, 0) is 29.1 Å². The normalized spacial score (nSPS) is 20.1. The van der Waals surface area contributed by atoms with Gasteiger partial charge in [0.2, 0.25) is 11.8 Å². The van der Waals surface area contributed by atoms with Gasteiger partial charge in [0, 0.05) is 42.9 Å². The van der Waals surface area contributed by atoms with E-state index in [9.17, 15) is 14.0 Å². The van der Waals surface area contributed by atoms with Crippen molar-refractivity contribution in [2.24, 2.45) is 0 Å². The molecule has 0 saturated carbocycles. The molecule has 3 heterocycles. The zero-order valence-electron chi connectivity index (χ0n) is 16.9. The fourth-order valence-electron chi connectivity index (χ4n) is 4.02. The van der Waals surface area contributed by atoms with Crippen LogP contribution in [0.25, 0.3) is 0 Å². The molecule has 9 heteroatoms. The Kier molecular flexibility index (Phi) is 5.99. The van der Waals surface area contributed by atoms with Gasteiger partial charge in [0.1, 0.15) is 11.6 Å². The van der Waals surface area contributed by atoms with Crippen LogP contribution in [-0.4, -0.2) is 39.8 Å². The highest BCUT2D eigenvalue weighted by Crippen LogP contribution is 2.31. The zero-order valence-corrected chi connectivity index (χ0v) is 17.7. The molecule has 7 nitrogen and oxygen atoms in total. The molecule has 2 N–H and O–H groups in total. The lowest BCUT2D eigenvalue weighted by Gasteiger charge is -2.29. The Morgan fingerprint density at radius 3 is 3.03 bits per heavy atom. The van der Waals surface area contributed by atoms with Gasteiger partial charge >= 0.3 is 0 Å². The number of carbonyl (C=O) groups excluding carboxylic acids is 2. The molecular formula is C21H25FN4O3S. The number of methoxy groups -OCH3 is 1. The molecule has 0 bridgehead atoms. The number of imidazole rings is 1. The number of thioether (sulfide) groups is 1. The average Bonchev–Trinajstić information content (AvgIpc) is 3.42. The third-order valence-corrected chi connectivity index (χ3v) is 6.65. The van der Waals surface area contributed by atoms with E-state index in [0.29, 0.717) is 43.5 Å². The highest BCUT2D eigenvalue weighted by Gasteiger charge is 2.38. The van der Waals surface area contributed by atoms with Crippen molar-refractivity contribution in [3.63, 3.8) is 0 Å². The molecule has 0 spiro atoms. The maximum absolute atomic E-state index is 14.5. The molecule has 30 heavy (non-hydrogen) atoms. The minimum atomic E-state index is -0.615. The monoisotopic (exact) mass is 432 g/mol.